The maximum atomic E-state index is 12.3. The van der Waals surface area contributed by atoms with E-state index in [0.29, 0.717) is 12.5 Å². The van der Waals surface area contributed by atoms with Gasteiger partial charge in [-0.05, 0) is 49.3 Å². The largest absolute Gasteiger partial charge is 0.338 e. The van der Waals surface area contributed by atoms with Gasteiger partial charge in [0.1, 0.15) is 0 Å². The first-order valence-electron chi connectivity index (χ1n) is 8.52. The van der Waals surface area contributed by atoms with E-state index in [1.807, 2.05) is 42.0 Å². The third-order valence-electron chi connectivity index (χ3n) is 4.52. The summed E-state index contributed by atoms with van der Waals surface area (Å²) in [4.78, 5) is 18.5. The predicted molar refractivity (Wildman–Crippen MR) is 92.7 cm³/mol. The average molecular weight is 327 g/mol. The van der Waals surface area contributed by atoms with Gasteiger partial charge >= 0.3 is 6.03 Å². The van der Waals surface area contributed by atoms with E-state index < -0.39 is 0 Å². The van der Waals surface area contributed by atoms with E-state index in [9.17, 15) is 4.79 Å². The van der Waals surface area contributed by atoms with Crippen molar-refractivity contribution in [1.29, 1.82) is 0 Å². The van der Waals surface area contributed by atoms with E-state index in [1.165, 1.54) is 5.56 Å². The van der Waals surface area contributed by atoms with Crippen LogP contribution in [0.1, 0.15) is 23.2 Å². The van der Waals surface area contributed by atoms with Crippen LogP contribution >= 0.6 is 0 Å². The highest BCUT2D eigenvalue weighted by molar-refractivity contribution is 5.74. The van der Waals surface area contributed by atoms with Crippen LogP contribution in [-0.2, 0) is 19.9 Å². The quantitative estimate of drug-likeness (QED) is 0.913. The fourth-order valence-electron chi connectivity index (χ4n) is 3.17. The molecule has 0 spiro atoms. The van der Waals surface area contributed by atoms with Crippen LogP contribution in [0.2, 0.25) is 0 Å². The van der Waals surface area contributed by atoms with E-state index in [4.69, 9.17) is 0 Å². The van der Waals surface area contributed by atoms with Gasteiger partial charge in [0.15, 0.2) is 0 Å². The van der Waals surface area contributed by atoms with Gasteiger partial charge in [-0.3, -0.25) is 9.67 Å². The van der Waals surface area contributed by atoms with Crippen molar-refractivity contribution in [3.05, 3.63) is 47.5 Å². The van der Waals surface area contributed by atoms with Gasteiger partial charge in [-0.15, -0.1) is 0 Å². The highest BCUT2D eigenvalue weighted by Gasteiger charge is 2.26. The molecule has 0 unspecified atom stereocenters. The maximum absolute atomic E-state index is 12.3. The first kappa shape index (κ1) is 16.5. The zero-order valence-electron chi connectivity index (χ0n) is 14.4. The molecular weight excluding hydrogens is 302 g/mol. The molecule has 1 atom stereocenters. The minimum absolute atomic E-state index is 0.0451. The first-order valence-corrected chi connectivity index (χ1v) is 8.52. The second kappa shape index (κ2) is 7.47. The Morgan fingerprint density at radius 1 is 1.33 bits per heavy atom. The fourth-order valence-corrected chi connectivity index (χ4v) is 3.17. The van der Waals surface area contributed by atoms with Crippen LogP contribution in [-0.4, -0.2) is 45.3 Å². The van der Waals surface area contributed by atoms with Crippen LogP contribution in [0.3, 0.4) is 0 Å². The Hall–Kier alpha value is -2.37. The number of carbonyl (C=O) groups is 1. The van der Waals surface area contributed by atoms with Gasteiger partial charge in [0.2, 0.25) is 0 Å². The lowest BCUT2D eigenvalue weighted by atomic mass is 10.0. The molecule has 6 heteroatoms. The Balaban J connectivity index is 1.40. The summed E-state index contributed by atoms with van der Waals surface area (Å²) >= 11 is 0. The van der Waals surface area contributed by atoms with Crippen LogP contribution in [0.5, 0.6) is 0 Å². The minimum Gasteiger partial charge on any atom is -0.338 e. The smallest absolute Gasteiger partial charge is 0.317 e. The number of hydrogen-bond donors (Lipinski definition) is 1. The SMILES string of the molecule is Cc1ccc(CCNC(=O)N2CC[C@H](Cc3cnn(C)c3)C2)cn1. The lowest BCUT2D eigenvalue weighted by Crippen LogP contribution is -2.39. The summed E-state index contributed by atoms with van der Waals surface area (Å²) in [6.07, 6.45) is 8.71. The van der Waals surface area contributed by atoms with Gasteiger partial charge < -0.3 is 10.2 Å². The predicted octanol–water partition coefficient (Wildman–Crippen LogP) is 1.94. The number of rotatable bonds is 5. The molecule has 1 fully saturated rings. The third-order valence-corrected chi connectivity index (χ3v) is 4.52. The molecule has 0 saturated carbocycles. The molecule has 1 saturated heterocycles. The van der Waals surface area contributed by atoms with Crippen molar-refractivity contribution in [3.8, 4) is 0 Å². The van der Waals surface area contributed by atoms with Crippen molar-refractivity contribution in [2.75, 3.05) is 19.6 Å². The summed E-state index contributed by atoms with van der Waals surface area (Å²) < 4.78 is 1.83. The molecule has 1 aliphatic rings. The van der Waals surface area contributed by atoms with Crippen LogP contribution in [0.4, 0.5) is 4.79 Å². The standard InChI is InChI=1S/C18H25N5O/c1-14-3-4-15(10-20-14)5-7-19-18(24)23-8-6-16(13-23)9-17-11-21-22(2)12-17/h3-4,10-12,16H,5-9,13H2,1-2H3,(H,19,24)/t16-/m1/s1. The number of nitrogens with zero attached hydrogens (tertiary/aromatic N) is 4. The van der Waals surface area contributed by atoms with Crippen molar-refractivity contribution in [3.63, 3.8) is 0 Å². The second-order valence-corrected chi connectivity index (χ2v) is 6.62. The van der Waals surface area contributed by atoms with E-state index in [0.717, 1.165) is 43.6 Å². The highest BCUT2D eigenvalue weighted by Crippen LogP contribution is 2.20. The van der Waals surface area contributed by atoms with Crippen molar-refractivity contribution in [2.45, 2.75) is 26.2 Å². The Morgan fingerprint density at radius 2 is 2.21 bits per heavy atom. The molecule has 0 aliphatic carbocycles. The summed E-state index contributed by atoms with van der Waals surface area (Å²) in [5, 5.41) is 7.23. The molecule has 1 aliphatic heterocycles. The minimum atomic E-state index is 0.0451. The molecule has 0 bridgehead atoms. The summed E-state index contributed by atoms with van der Waals surface area (Å²) in [5.41, 5.74) is 3.41. The zero-order valence-corrected chi connectivity index (χ0v) is 14.4. The van der Waals surface area contributed by atoms with Crippen molar-refractivity contribution < 1.29 is 4.79 Å². The van der Waals surface area contributed by atoms with E-state index in [-0.39, 0.29) is 6.03 Å². The van der Waals surface area contributed by atoms with Gasteiger partial charge in [0, 0.05) is 44.8 Å². The molecule has 24 heavy (non-hydrogen) atoms. The molecule has 2 amide bonds. The molecule has 2 aromatic heterocycles. The number of amides is 2. The van der Waals surface area contributed by atoms with Crippen molar-refractivity contribution >= 4 is 6.03 Å². The highest BCUT2D eigenvalue weighted by atomic mass is 16.2. The maximum Gasteiger partial charge on any atom is 0.317 e. The molecule has 0 radical (unpaired) electrons. The van der Waals surface area contributed by atoms with E-state index in [2.05, 4.69) is 27.7 Å². The lowest BCUT2D eigenvalue weighted by Gasteiger charge is -2.17. The number of hydrogen-bond acceptors (Lipinski definition) is 3. The fraction of sp³-hybridized carbons (Fsp3) is 0.500. The monoisotopic (exact) mass is 327 g/mol. The normalized spacial score (nSPS) is 17.2. The van der Waals surface area contributed by atoms with Gasteiger partial charge in [-0.2, -0.15) is 5.10 Å². The molecule has 3 rings (SSSR count). The van der Waals surface area contributed by atoms with Gasteiger partial charge in [0.05, 0.1) is 6.20 Å². The van der Waals surface area contributed by atoms with Crippen molar-refractivity contribution in [1.82, 2.24) is 25.0 Å². The number of aromatic nitrogens is 3. The summed E-state index contributed by atoms with van der Waals surface area (Å²) in [5.74, 6) is 0.529. The number of urea groups is 1. The molecule has 3 heterocycles. The van der Waals surface area contributed by atoms with Crippen LogP contribution < -0.4 is 5.32 Å². The summed E-state index contributed by atoms with van der Waals surface area (Å²) in [7, 11) is 1.93. The molecule has 1 N–H and O–H groups in total. The lowest BCUT2D eigenvalue weighted by molar-refractivity contribution is 0.207. The average Bonchev–Trinajstić information content (AvgIpc) is 3.19. The summed E-state index contributed by atoms with van der Waals surface area (Å²) in [6.45, 7) is 4.28. The molecule has 6 nitrogen and oxygen atoms in total. The van der Waals surface area contributed by atoms with Crippen LogP contribution in [0.15, 0.2) is 30.7 Å². The zero-order chi connectivity index (χ0) is 16.9. The number of aryl methyl sites for hydroxylation is 2. The number of carbonyl (C=O) groups excluding carboxylic acids is 1. The topological polar surface area (TPSA) is 63.1 Å². The Bertz CT molecular complexity index is 679. The molecule has 128 valence electrons. The summed E-state index contributed by atoms with van der Waals surface area (Å²) in [6, 6.07) is 4.11. The van der Waals surface area contributed by atoms with Gasteiger partial charge in [-0.25, -0.2) is 4.79 Å². The number of likely N-dealkylation sites (tertiary alicyclic amines) is 1. The molecule has 0 aromatic carbocycles. The molecule has 2 aromatic rings. The Morgan fingerprint density at radius 3 is 2.92 bits per heavy atom. The number of pyridine rings is 1. The Labute approximate surface area is 142 Å². The van der Waals surface area contributed by atoms with Gasteiger partial charge in [0.25, 0.3) is 0 Å². The second-order valence-electron chi connectivity index (χ2n) is 6.62. The third kappa shape index (κ3) is 4.34. The van der Waals surface area contributed by atoms with E-state index >= 15 is 0 Å². The van der Waals surface area contributed by atoms with Crippen LogP contribution in [0, 0.1) is 12.8 Å². The Kier molecular flexibility index (Phi) is 5.13. The van der Waals surface area contributed by atoms with Gasteiger partial charge in [-0.1, -0.05) is 6.07 Å². The molecular formula is C18H25N5O. The van der Waals surface area contributed by atoms with Crippen LogP contribution in [0.25, 0.3) is 0 Å². The van der Waals surface area contributed by atoms with E-state index in [1.54, 1.807) is 0 Å². The number of nitrogens with one attached hydrogen (secondary N) is 1. The first-order chi connectivity index (χ1) is 11.6. The van der Waals surface area contributed by atoms with Crippen molar-refractivity contribution in [2.24, 2.45) is 13.0 Å².